The maximum atomic E-state index is 3.91. The molecule has 0 aliphatic heterocycles. The number of aryl methyl sites for hydroxylation is 1. The Balaban J connectivity index is 2.04. The Kier molecular flexibility index (Phi) is 6.74. The molecular formula is C14H23S. The van der Waals surface area contributed by atoms with E-state index in [0.29, 0.717) is 0 Å². The summed E-state index contributed by atoms with van der Waals surface area (Å²) >= 11 is 1.94. The van der Waals surface area contributed by atoms with Crippen LogP contribution >= 0.6 is 11.3 Å². The zero-order chi connectivity index (χ0) is 10.9. The van der Waals surface area contributed by atoms with Crippen LogP contribution in [0.2, 0.25) is 0 Å². The average molecular weight is 223 g/mol. The number of rotatable bonds is 8. The molecule has 0 fully saturated rings. The molecule has 0 spiro atoms. The van der Waals surface area contributed by atoms with Crippen molar-refractivity contribution in [1.82, 2.24) is 0 Å². The summed E-state index contributed by atoms with van der Waals surface area (Å²) in [6, 6.07) is 4.50. The molecule has 1 rings (SSSR count). The molecule has 0 N–H and O–H groups in total. The molecule has 0 nitrogen and oxygen atoms in total. The lowest BCUT2D eigenvalue weighted by Gasteiger charge is -1.99. The van der Waals surface area contributed by atoms with Gasteiger partial charge in [-0.25, -0.2) is 0 Å². The third kappa shape index (κ3) is 5.36. The van der Waals surface area contributed by atoms with E-state index in [4.69, 9.17) is 0 Å². The number of hydrogen-bond donors (Lipinski definition) is 0. The van der Waals surface area contributed by atoms with Crippen LogP contribution in [0.25, 0.3) is 0 Å². The molecule has 0 bridgehead atoms. The summed E-state index contributed by atoms with van der Waals surface area (Å²) in [7, 11) is 0. The average Bonchev–Trinajstić information content (AvgIpc) is 2.71. The second-order valence-corrected chi connectivity index (χ2v) is 5.39. The van der Waals surface area contributed by atoms with Crippen LogP contribution < -0.4 is 0 Å². The molecule has 1 aromatic rings. The molecule has 0 aromatic carbocycles. The van der Waals surface area contributed by atoms with Gasteiger partial charge in [0.1, 0.15) is 0 Å². The first-order valence-corrected chi connectivity index (χ1v) is 7.05. The van der Waals surface area contributed by atoms with Gasteiger partial charge in [-0.05, 0) is 38.3 Å². The van der Waals surface area contributed by atoms with Gasteiger partial charge in [-0.2, -0.15) is 0 Å². The zero-order valence-corrected chi connectivity index (χ0v) is 10.7. The first-order valence-electron chi connectivity index (χ1n) is 6.23. The predicted molar refractivity (Wildman–Crippen MR) is 70.5 cm³/mol. The van der Waals surface area contributed by atoms with Crippen LogP contribution in [-0.2, 0) is 12.8 Å². The number of thiophene rings is 1. The maximum Gasteiger partial charge on any atom is 0.00481 e. The smallest absolute Gasteiger partial charge is 0.00481 e. The van der Waals surface area contributed by atoms with Gasteiger partial charge in [-0.3, -0.25) is 0 Å². The van der Waals surface area contributed by atoms with Gasteiger partial charge in [-0.15, -0.1) is 11.3 Å². The van der Waals surface area contributed by atoms with Gasteiger partial charge < -0.3 is 0 Å². The van der Waals surface area contributed by atoms with E-state index in [1.165, 1.54) is 49.8 Å². The van der Waals surface area contributed by atoms with Gasteiger partial charge >= 0.3 is 0 Å². The van der Waals surface area contributed by atoms with Gasteiger partial charge in [0.2, 0.25) is 0 Å². The van der Waals surface area contributed by atoms with Crippen LogP contribution in [0.15, 0.2) is 12.1 Å². The van der Waals surface area contributed by atoms with Gasteiger partial charge in [-0.1, -0.05) is 39.0 Å². The summed E-state index contributed by atoms with van der Waals surface area (Å²) in [6.45, 7) is 6.18. The fourth-order valence-corrected chi connectivity index (χ4v) is 2.73. The lowest BCUT2D eigenvalue weighted by atomic mass is 10.1. The SMILES string of the molecule is [CH2]Cc1ccc(CCCCCCCC)s1. The molecule has 0 saturated carbocycles. The zero-order valence-electron chi connectivity index (χ0n) is 9.93. The van der Waals surface area contributed by atoms with Crippen molar-refractivity contribution in [3.05, 3.63) is 28.8 Å². The van der Waals surface area contributed by atoms with E-state index in [0.717, 1.165) is 6.42 Å². The fraction of sp³-hybridized carbons (Fsp3) is 0.643. The minimum absolute atomic E-state index is 0.946. The summed E-state index contributed by atoms with van der Waals surface area (Å²) in [5.74, 6) is 0. The molecule has 0 aliphatic rings. The number of hydrogen-bond acceptors (Lipinski definition) is 1. The largest absolute Gasteiger partial charge is 0.145 e. The van der Waals surface area contributed by atoms with Crippen LogP contribution in [0, 0.1) is 6.92 Å². The minimum Gasteiger partial charge on any atom is -0.145 e. The Morgan fingerprint density at radius 1 is 1.00 bits per heavy atom. The molecule has 85 valence electrons. The minimum atomic E-state index is 0.946. The Morgan fingerprint density at radius 3 is 2.33 bits per heavy atom. The monoisotopic (exact) mass is 223 g/mol. The Morgan fingerprint density at radius 2 is 1.67 bits per heavy atom. The first-order chi connectivity index (χ1) is 7.36. The molecular weight excluding hydrogens is 200 g/mol. The normalized spacial score (nSPS) is 10.8. The standard InChI is InChI=1S/C14H23S/c1-3-5-6-7-8-9-10-14-12-11-13(4-2)15-14/h11-12H,2-10H2,1H3. The Hall–Kier alpha value is -0.300. The topological polar surface area (TPSA) is 0 Å². The van der Waals surface area contributed by atoms with E-state index in [1.54, 1.807) is 4.88 Å². The third-order valence-corrected chi connectivity index (χ3v) is 3.95. The molecule has 15 heavy (non-hydrogen) atoms. The van der Waals surface area contributed by atoms with Crippen molar-refractivity contribution in [3.63, 3.8) is 0 Å². The summed E-state index contributed by atoms with van der Waals surface area (Å²) < 4.78 is 0. The molecule has 1 heteroatoms. The molecule has 1 heterocycles. The van der Waals surface area contributed by atoms with Crippen molar-refractivity contribution < 1.29 is 0 Å². The van der Waals surface area contributed by atoms with Crippen molar-refractivity contribution in [3.8, 4) is 0 Å². The summed E-state index contributed by atoms with van der Waals surface area (Å²) in [4.78, 5) is 2.97. The van der Waals surface area contributed by atoms with Crippen LogP contribution in [0.1, 0.15) is 55.2 Å². The quantitative estimate of drug-likeness (QED) is 0.542. The van der Waals surface area contributed by atoms with Gasteiger partial charge in [0.15, 0.2) is 0 Å². The van der Waals surface area contributed by atoms with Gasteiger partial charge in [0, 0.05) is 9.75 Å². The highest BCUT2D eigenvalue weighted by atomic mass is 32.1. The molecule has 0 unspecified atom stereocenters. The molecule has 1 aromatic heterocycles. The first kappa shape index (κ1) is 12.8. The second-order valence-electron chi connectivity index (χ2n) is 4.14. The van der Waals surface area contributed by atoms with E-state index >= 15 is 0 Å². The Labute approximate surface area is 98.7 Å². The highest BCUT2D eigenvalue weighted by Crippen LogP contribution is 2.19. The Bertz CT molecular complexity index is 250. The van der Waals surface area contributed by atoms with E-state index in [1.807, 2.05) is 11.3 Å². The van der Waals surface area contributed by atoms with Crippen LogP contribution in [0.4, 0.5) is 0 Å². The van der Waals surface area contributed by atoms with Crippen LogP contribution in [0.5, 0.6) is 0 Å². The van der Waals surface area contributed by atoms with E-state index in [9.17, 15) is 0 Å². The van der Waals surface area contributed by atoms with Crippen molar-refractivity contribution >= 4 is 11.3 Å². The van der Waals surface area contributed by atoms with Crippen molar-refractivity contribution in [2.45, 2.75) is 58.3 Å². The summed E-state index contributed by atoms with van der Waals surface area (Å²) in [5.41, 5.74) is 0. The molecule has 0 aliphatic carbocycles. The lowest BCUT2D eigenvalue weighted by molar-refractivity contribution is 0.609. The molecule has 0 saturated heterocycles. The van der Waals surface area contributed by atoms with Gasteiger partial charge in [0.25, 0.3) is 0 Å². The highest BCUT2D eigenvalue weighted by molar-refractivity contribution is 7.12. The number of unbranched alkanes of at least 4 members (excludes halogenated alkanes) is 5. The predicted octanol–water partition coefficient (Wildman–Crippen LogP) is 5.03. The highest BCUT2D eigenvalue weighted by Gasteiger charge is 1.98. The fourth-order valence-electron chi connectivity index (χ4n) is 1.77. The molecule has 0 atom stereocenters. The van der Waals surface area contributed by atoms with E-state index < -0.39 is 0 Å². The van der Waals surface area contributed by atoms with E-state index in [2.05, 4.69) is 26.0 Å². The van der Waals surface area contributed by atoms with Crippen molar-refractivity contribution in [2.75, 3.05) is 0 Å². The second kappa shape index (κ2) is 7.92. The van der Waals surface area contributed by atoms with Gasteiger partial charge in [0.05, 0.1) is 0 Å². The van der Waals surface area contributed by atoms with E-state index in [-0.39, 0.29) is 0 Å². The molecule has 1 radical (unpaired) electrons. The van der Waals surface area contributed by atoms with Crippen molar-refractivity contribution in [2.24, 2.45) is 0 Å². The van der Waals surface area contributed by atoms with Crippen molar-refractivity contribution in [1.29, 1.82) is 0 Å². The van der Waals surface area contributed by atoms with Crippen LogP contribution in [-0.4, -0.2) is 0 Å². The molecule has 0 amide bonds. The summed E-state index contributed by atoms with van der Waals surface area (Å²) in [6.07, 6.45) is 10.6. The lowest BCUT2D eigenvalue weighted by Crippen LogP contribution is -1.82. The maximum absolute atomic E-state index is 3.91. The van der Waals surface area contributed by atoms with Crippen LogP contribution in [0.3, 0.4) is 0 Å². The third-order valence-electron chi connectivity index (χ3n) is 2.74. The summed E-state index contributed by atoms with van der Waals surface area (Å²) in [5, 5.41) is 0.